The van der Waals surface area contributed by atoms with Crippen molar-refractivity contribution in [1.82, 2.24) is 10.6 Å². The van der Waals surface area contributed by atoms with Gasteiger partial charge in [0.1, 0.15) is 5.60 Å². The van der Waals surface area contributed by atoms with E-state index in [-0.39, 0.29) is 0 Å². The minimum Gasteiger partial charge on any atom is -0.476 e. The first kappa shape index (κ1) is 14.1. The number of carbonyl (C=O) groups excluding carboxylic acids is 1. The first-order valence-corrected chi connectivity index (χ1v) is 4.74. The fourth-order valence-electron chi connectivity index (χ4n) is 0.717. The summed E-state index contributed by atoms with van der Waals surface area (Å²) in [6, 6.07) is 0. The van der Waals surface area contributed by atoms with Crippen LogP contribution in [0.3, 0.4) is 0 Å². The summed E-state index contributed by atoms with van der Waals surface area (Å²) in [4.78, 5) is 11.2. The maximum atomic E-state index is 11.2. The highest BCUT2D eigenvalue weighted by Gasteiger charge is 2.14. The molecule has 0 unspecified atom stereocenters. The average Bonchev–Trinajstić information content (AvgIpc) is 2.15. The maximum absolute atomic E-state index is 11.2. The third-order valence-electron chi connectivity index (χ3n) is 1.26. The Morgan fingerprint density at radius 1 is 1.31 bits per heavy atom. The second-order valence-corrected chi connectivity index (χ2v) is 3.83. The zero-order chi connectivity index (χ0) is 12.6. The molecule has 0 heterocycles. The second-order valence-electron chi connectivity index (χ2n) is 3.83. The molecule has 2 N–H and O–H groups in total. The molecule has 0 aliphatic rings. The van der Waals surface area contributed by atoms with Crippen LogP contribution in [0.4, 0.5) is 4.79 Å². The molecule has 90 valence electrons. The second kappa shape index (κ2) is 6.58. The largest absolute Gasteiger partial charge is 0.476 e. The first-order valence-electron chi connectivity index (χ1n) is 4.74. The summed E-state index contributed by atoms with van der Waals surface area (Å²) in [6.45, 7) is 8.77. The Labute approximate surface area is 95.8 Å². The number of amides is 1. The number of nitrogens with one attached hydrogen (secondary N) is 2. The van der Waals surface area contributed by atoms with Crippen LogP contribution in [0.15, 0.2) is 30.6 Å². The van der Waals surface area contributed by atoms with Crippen LogP contribution < -0.4 is 10.6 Å². The lowest BCUT2D eigenvalue weighted by atomic mass is 10.2. The van der Waals surface area contributed by atoms with E-state index in [1.165, 1.54) is 19.5 Å². The number of rotatable bonds is 4. The number of ether oxygens (including phenoxy) is 2. The lowest BCUT2D eigenvalue weighted by Gasteiger charge is -2.18. The molecule has 0 aliphatic heterocycles. The van der Waals surface area contributed by atoms with Crippen molar-refractivity contribution in [2.24, 2.45) is 0 Å². The van der Waals surface area contributed by atoms with Crippen LogP contribution in [-0.4, -0.2) is 18.8 Å². The lowest BCUT2D eigenvalue weighted by molar-refractivity contribution is 0.0552. The molecule has 0 saturated heterocycles. The molecule has 0 aliphatic carbocycles. The summed E-state index contributed by atoms with van der Waals surface area (Å²) >= 11 is 0. The monoisotopic (exact) mass is 226 g/mol. The van der Waals surface area contributed by atoms with Crippen LogP contribution in [0.25, 0.3) is 0 Å². The van der Waals surface area contributed by atoms with Gasteiger partial charge in [0.15, 0.2) is 0 Å². The van der Waals surface area contributed by atoms with E-state index in [0.29, 0.717) is 5.88 Å². The van der Waals surface area contributed by atoms with E-state index in [9.17, 15) is 4.79 Å². The van der Waals surface area contributed by atoms with Crippen molar-refractivity contribution in [3.63, 3.8) is 0 Å². The molecule has 0 spiro atoms. The molecule has 0 saturated carbocycles. The Morgan fingerprint density at radius 3 is 2.31 bits per heavy atom. The number of methoxy groups -OCH3 is 1. The molecular formula is C11H18N2O3. The quantitative estimate of drug-likeness (QED) is 0.567. The molecule has 5 heteroatoms. The molecule has 1 amide bonds. The van der Waals surface area contributed by atoms with Crippen molar-refractivity contribution in [3.8, 4) is 0 Å². The molecule has 0 fully saturated rings. The summed E-state index contributed by atoms with van der Waals surface area (Å²) < 4.78 is 9.83. The van der Waals surface area contributed by atoms with Gasteiger partial charge in [0.05, 0.1) is 7.11 Å². The number of hydrogen-bond acceptors (Lipinski definition) is 4. The van der Waals surface area contributed by atoms with Gasteiger partial charge < -0.3 is 14.8 Å². The number of hydrogen-bond donors (Lipinski definition) is 2. The Bertz CT molecular complexity index is 310. The summed E-state index contributed by atoms with van der Waals surface area (Å²) in [5, 5.41) is 5.13. The summed E-state index contributed by atoms with van der Waals surface area (Å²) in [5.41, 5.74) is 2.01. The minimum atomic E-state index is -0.521. The molecule has 0 radical (unpaired) electrons. The predicted molar refractivity (Wildman–Crippen MR) is 61.3 cm³/mol. The maximum Gasteiger partial charge on any atom is 0.411 e. The standard InChI is InChI=1S/C11H18N2O3/c1-6-9(15-5)12-7-8-13-10(14)16-11(2,3)4/h7-8,12H,1H2,2-5H3,(H,13,14)/b8-7+. The predicted octanol–water partition coefficient (Wildman–Crippen LogP) is 1.84. The van der Waals surface area contributed by atoms with Gasteiger partial charge in [-0.2, -0.15) is 0 Å². The van der Waals surface area contributed by atoms with Gasteiger partial charge in [0, 0.05) is 12.4 Å². The normalized spacial score (nSPS) is 10.5. The van der Waals surface area contributed by atoms with E-state index in [0.717, 1.165) is 0 Å². The molecule has 16 heavy (non-hydrogen) atoms. The van der Waals surface area contributed by atoms with Crippen LogP contribution in [-0.2, 0) is 9.47 Å². The topological polar surface area (TPSA) is 59.6 Å². The summed E-state index contributed by atoms with van der Waals surface area (Å²) in [7, 11) is 1.48. The third-order valence-corrected chi connectivity index (χ3v) is 1.26. The van der Waals surface area contributed by atoms with Crippen LogP contribution in [0.5, 0.6) is 0 Å². The molecule has 0 aromatic heterocycles. The van der Waals surface area contributed by atoms with Crippen LogP contribution >= 0.6 is 0 Å². The van der Waals surface area contributed by atoms with Crippen LogP contribution in [0.1, 0.15) is 20.8 Å². The summed E-state index contributed by atoms with van der Waals surface area (Å²) in [6.07, 6.45) is 2.35. The van der Waals surface area contributed by atoms with E-state index in [1.807, 2.05) is 0 Å². The summed E-state index contributed by atoms with van der Waals surface area (Å²) in [5.74, 6) is 0.363. The van der Waals surface area contributed by atoms with Gasteiger partial charge in [0.25, 0.3) is 0 Å². The lowest BCUT2D eigenvalue weighted by Crippen LogP contribution is -2.29. The van der Waals surface area contributed by atoms with Crippen molar-refractivity contribution >= 4 is 6.09 Å². The SMILES string of the molecule is C=C=C(N/C=C/NC(=O)OC(C)(C)C)OC. The van der Waals surface area contributed by atoms with Crippen molar-refractivity contribution in [1.29, 1.82) is 0 Å². The number of alkyl carbamates (subject to hydrolysis) is 1. The fraction of sp³-hybridized carbons (Fsp3) is 0.455. The van der Waals surface area contributed by atoms with E-state index in [1.54, 1.807) is 20.8 Å². The van der Waals surface area contributed by atoms with Crippen LogP contribution in [0.2, 0.25) is 0 Å². The van der Waals surface area contributed by atoms with E-state index < -0.39 is 11.7 Å². The average molecular weight is 226 g/mol. The Hall–Kier alpha value is -1.87. The molecule has 0 atom stereocenters. The zero-order valence-corrected chi connectivity index (χ0v) is 10.1. The van der Waals surface area contributed by atoms with E-state index in [2.05, 4.69) is 22.9 Å². The fourth-order valence-corrected chi connectivity index (χ4v) is 0.717. The van der Waals surface area contributed by atoms with Gasteiger partial charge in [-0.3, -0.25) is 5.32 Å². The van der Waals surface area contributed by atoms with Gasteiger partial charge in [-0.15, -0.1) is 0 Å². The van der Waals surface area contributed by atoms with Crippen LogP contribution in [0, 0.1) is 0 Å². The third kappa shape index (κ3) is 7.53. The molecule has 0 aromatic carbocycles. The first-order chi connectivity index (χ1) is 7.39. The molecule has 0 rings (SSSR count). The van der Waals surface area contributed by atoms with Gasteiger partial charge in [0.2, 0.25) is 5.88 Å². The highest BCUT2D eigenvalue weighted by molar-refractivity contribution is 5.68. The minimum absolute atomic E-state index is 0.363. The number of carbonyl (C=O) groups is 1. The van der Waals surface area contributed by atoms with Gasteiger partial charge in [-0.1, -0.05) is 12.3 Å². The smallest absolute Gasteiger partial charge is 0.411 e. The molecule has 5 nitrogen and oxygen atoms in total. The zero-order valence-electron chi connectivity index (χ0n) is 10.1. The molecule has 0 bridgehead atoms. The van der Waals surface area contributed by atoms with E-state index in [4.69, 9.17) is 9.47 Å². The van der Waals surface area contributed by atoms with Crippen molar-refractivity contribution in [2.75, 3.05) is 7.11 Å². The highest BCUT2D eigenvalue weighted by atomic mass is 16.6. The Kier molecular flexibility index (Phi) is 5.81. The van der Waals surface area contributed by atoms with Gasteiger partial charge in [-0.25, -0.2) is 4.79 Å². The molecule has 0 aromatic rings. The van der Waals surface area contributed by atoms with Gasteiger partial charge in [-0.05, 0) is 20.8 Å². The van der Waals surface area contributed by atoms with Crippen molar-refractivity contribution < 1.29 is 14.3 Å². The highest BCUT2D eigenvalue weighted by Crippen LogP contribution is 2.06. The van der Waals surface area contributed by atoms with Crippen molar-refractivity contribution in [2.45, 2.75) is 26.4 Å². The Morgan fingerprint density at radius 2 is 1.88 bits per heavy atom. The molecular weight excluding hydrogens is 208 g/mol. The van der Waals surface area contributed by atoms with Gasteiger partial charge >= 0.3 is 6.09 Å². The Balaban J connectivity index is 3.93. The van der Waals surface area contributed by atoms with Crippen molar-refractivity contribution in [3.05, 3.63) is 30.6 Å². The van der Waals surface area contributed by atoms with E-state index >= 15 is 0 Å².